The predicted octanol–water partition coefficient (Wildman–Crippen LogP) is 4.48. The van der Waals surface area contributed by atoms with Gasteiger partial charge in [0.1, 0.15) is 11.3 Å². The summed E-state index contributed by atoms with van der Waals surface area (Å²) in [4.78, 5) is 29.5. The van der Waals surface area contributed by atoms with E-state index in [1.54, 1.807) is 42.5 Å². The van der Waals surface area contributed by atoms with Crippen molar-refractivity contribution in [2.24, 2.45) is 0 Å². The lowest BCUT2D eigenvalue weighted by Gasteiger charge is -2.10. The Hall–Kier alpha value is -2.67. The van der Waals surface area contributed by atoms with Gasteiger partial charge < -0.3 is 10.1 Å². The largest absolute Gasteiger partial charge is 0.459 e. The van der Waals surface area contributed by atoms with Crippen LogP contribution in [0.1, 0.15) is 47.3 Å². The van der Waals surface area contributed by atoms with Gasteiger partial charge >= 0.3 is 5.97 Å². The molecule has 2 heterocycles. The lowest BCUT2D eigenvalue weighted by atomic mass is 10.2. The zero-order chi connectivity index (χ0) is 19.6. The van der Waals surface area contributed by atoms with Gasteiger partial charge in [-0.05, 0) is 66.5 Å². The van der Waals surface area contributed by atoms with Crippen LogP contribution < -0.4 is 5.32 Å². The Morgan fingerprint density at radius 3 is 2.74 bits per heavy atom. The van der Waals surface area contributed by atoms with E-state index in [1.165, 1.54) is 0 Å². The summed E-state index contributed by atoms with van der Waals surface area (Å²) in [7, 11) is 0. The highest BCUT2D eigenvalue weighted by Crippen LogP contribution is 2.20. The van der Waals surface area contributed by atoms with Crippen LogP contribution in [-0.2, 0) is 11.2 Å². The average Bonchev–Trinajstić information content (AvgIpc) is 2.99. The standard InChI is InChI=1S/C20H20BrN3O3/c1-4-16-18(24-11-14(21)8-9-17(24)23-16)19(25)22-15-7-5-6-13(10-15)20(26)27-12(2)3/h5-12H,4H2,1-3H3,(H,22,25). The quantitative estimate of drug-likeness (QED) is 0.606. The second-order valence-electron chi connectivity index (χ2n) is 6.33. The number of aromatic nitrogens is 2. The van der Waals surface area contributed by atoms with E-state index in [1.807, 2.05) is 25.3 Å². The number of fused-ring (bicyclic) bond motifs is 1. The fraction of sp³-hybridized carbons (Fsp3) is 0.250. The third-order valence-corrected chi connectivity index (χ3v) is 4.37. The summed E-state index contributed by atoms with van der Waals surface area (Å²) < 4.78 is 7.81. The summed E-state index contributed by atoms with van der Waals surface area (Å²) in [6.45, 7) is 5.54. The number of rotatable bonds is 5. The van der Waals surface area contributed by atoms with Crippen LogP contribution in [0.2, 0.25) is 0 Å². The molecule has 0 aliphatic carbocycles. The Kier molecular flexibility index (Phi) is 5.60. The minimum absolute atomic E-state index is 0.209. The average molecular weight is 430 g/mol. The van der Waals surface area contributed by atoms with Gasteiger partial charge in [-0.1, -0.05) is 13.0 Å². The van der Waals surface area contributed by atoms with Gasteiger partial charge in [0.25, 0.3) is 5.91 Å². The number of hydrogen-bond acceptors (Lipinski definition) is 4. The molecule has 1 aromatic carbocycles. The van der Waals surface area contributed by atoms with Crippen LogP contribution in [0.3, 0.4) is 0 Å². The molecule has 0 atom stereocenters. The Morgan fingerprint density at radius 2 is 2.04 bits per heavy atom. The van der Waals surface area contributed by atoms with Gasteiger partial charge in [-0.25, -0.2) is 9.78 Å². The van der Waals surface area contributed by atoms with E-state index in [2.05, 4.69) is 26.2 Å². The highest BCUT2D eigenvalue weighted by Gasteiger charge is 2.19. The number of ether oxygens (including phenoxy) is 1. The van der Waals surface area contributed by atoms with Gasteiger partial charge in [0.15, 0.2) is 0 Å². The Bertz CT molecular complexity index is 1010. The third kappa shape index (κ3) is 4.19. The van der Waals surface area contributed by atoms with Crippen LogP contribution in [0.15, 0.2) is 47.1 Å². The number of nitrogens with one attached hydrogen (secondary N) is 1. The van der Waals surface area contributed by atoms with Crippen LogP contribution in [0.4, 0.5) is 5.69 Å². The van der Waals surface area contributed by atoms with E-state index >= 15 is 0 Å². The first-order valence-electron chi connectivity index (χ1n) is 8.68. The molecule has 0 spiro atoms. The van der Waals surface area contributed by atoms with Gasteiger partial charge in [0.2, 0.25) is 0 Å². The van der Waals surface area contributed by atoms with E-state index in [0.29, 0.717) is 34.7 Å². The van der Waals surface area contributed by atoms with Gasteiger partial charge in [-0.3, -0.25) is 9.20 Å². The molecular weight excluding hydrogens is 410 g/mol. The molecule has 1 amide bonds. The highest BCUT2D eigenvalue weighted by molar-refractivity contribution is 9.10. The first-order chi connectivity index (χ1) is 12.9. The lowest BCUT2D eigenvalue weighted by Crippen LogP contribution is -2.17. The molecule has 0 bridgehead atoms. The second kappa shape index (κ2) is 7.92. The summed E-state index contributed by atoms with van der Waals surface area (Å²) in [5.74, 6) is -0.707. The van der Waals surface area contributed by atoms with Crippen molar-refractivity contribution >= 4 is 39.1 Å². The number of carbonyl (C=O) groups is 2. The Labute approximate surface area is 165 Å². The number of anilines is 1. The Balaban J connectivity index is 1.91. The summed E-state index contributed by atoms with van der Waals surface area (Å²) in [5.41, 5.74) is 2.79. The fourth-order valence-corrected chi connectivity index (χ4v) is 3.09. The van der Waals surface area contributed by atoms with E-state index in [-0.39, 0.29) is 12.0 Å². The van der Waals surface area contributed by atoms with Crippen molar-refractivity contribution < 1.29 is 14.3 Å². The molecule has 0 radical (unpaired) electrons. The summed E-state index contributed by atoms with van der Waals surface area (Å²) in [6, 6.07) is 10.4. The molecule has 27 heavy (non-hydrogen) atoms. The topological polar surface area (TPSA) is 72.7 Å². The lowest BCUT2D eigenvalue weighted by molar-refractivity contribution is 0.0377. The summed E-state index contributed by atoms with van der Waals surface area (Å²) in [5, 5.41) is 2.86. The monoisotopic (exact) mass is 429 g/mol. The van der Waals surface area contributed by atoms with E-state index in [9.17, 15) is 9.59 Å². The molecule has 0 saturated carbocycles. The number of benzene rings is 1. The van der Waals surface area contributed by atoms with Crippen molar-refractivity contribution in [3.8, 4) is 0 Å². The number of esters is 1. The van der Waals surface area contributed by atoms with Crippen LogP contribution in [-0.4, -0.2) is 27.4 Å². The smallest absolute Gasteiger partial charge is 0.338 e. The maximum Gasteiger partial charge on any atom is 0.338 e. The van der Waals surface area contributed by atoms with Crippen molar-refractivity contribution in [3.05, 3.63) is 64.0 Å². The van der Waals surface area contributed by atoms with Crippen molar-refractivity contribution in [2.45, 2.75) is 33.3 Å². The zero-order valence-electron chi connectivity index (χ0n) is 15.3. The first-order valence-corrected chi connectivity index (χ1v) is 9.47. The normalized spacial score (nSPS) is 11.0. The van der Waals surface area contributed by atoms with Crippen LogP contribution >= 0.6 is 15.9 Å². The number of nitrogens with zero attached hydrogens (tertiary/aromatic N) is 2. The van der Waals surface area contributed by atoms with Gasteiger partial charge in [-0.15, -0.1) is 0 Å². The fourth-order valence-electron chi connectivity index (χ4n) is 2.75. The number of hydrogen-bond donors (Lipinski definition) is 1. The number of imidazole rings is 1. The molecule has 6 nitrogen and oxygen atoms in total. The Morgan fingerprint density at radius 1 is 1.26 bits per heavy atom. The molecule has 2 aromatic heterocycles. The number of halogens is 1. The third-order valence-electron chi connectivity index (χ3n) is 3.90. The molecule has 0 aliphatic heterocycles. The molecule has 140 valence electrons. The minimum atomic E-state index is -0.422. The molecular formula is C20H20BrN3O3. The number of aryl methyl sites for hydroxylation is 1. The summed E-state index contributed by atoms with van der Waals surface area (Å²) >= 11 is 3.43. The number of amides is 1. The molecule has 0 saturated heterocycles. The van der Waals surface area contributed by atoms with Gasteiger partial charge in [0.05, 0.1) is 17.4 Å². The van der Waals surface area contributed by atoms with E-state index < -0.39 is 5.97 Å². The maximum atomic E-state index is 12.9. The van der Waals surface area contributed by atoms with Crippen molar-refractivity contribution in [1.29, 1.82) is 0 Å². The van der Waals surface area contributed by atoms with Crippen molar-refractivity contribution in [3.63, 3.8) is 0 Å². The molecule has 3 rings (SSSR count). The minimum Gasteiger partial charge on any atom is -0.459 e. The highest BCUT2D eigenvalue weighted by atomic mass is 79.9. The first kappa shape index (κ1) is 19.1. The van der Waals surface area contributed by atoms with E-state index in [0.717, 1.165) is 4.47 Å². The molecule has 3 aromatic rings. The van der Waals surface area contributed by atoms with Crippen LogP contribution in [0.25, 0.3) is 5.65 Å². The zero-order valence-corrected chi connectivity index (χ0v) is 16.9. The van der Waals surface area contributed by atoms with E-state index in [4.69, 9.17) is 4.74 Å². The molecule has 0 unspecified atom stereocenters. The number of carbonyl (C=O) groups excluding carboxylic acids is 2. The second-order valence-corrected chi connectivity index (χ2v) is 7.24. The van der Waals surface area contributed by atoms with Gasteiger partial charge in [0, 0.05) is 16.4 Å². The predicted molar refractivity (Wildman–Crippen MR) is 107 cm³/mol. The van der Waals surface area contributed by atoms with Gasteiger partial charge in [-0.2, -0.15) is 0 Å². The van der Waals surface area contributed by atoms with Crippen molar-refractivity contribution in [1.82, 2.24) is 9.38 Å². The maximum absolute atomic E-state index is 12.9. The molecule has 1 N–H and O–H groups in total. The molecule has 7 heteroatoms. The van der Waals surface area contributed by atoms with Crippen LogP contribution in [0.5, 0.6) is 0 Å². The SMILES string of the molecule is CCc1nc2ccc(Br)cn2c1C(=O)Nc1cccc(C(=O)OC(C)C)c1. The van der Waals surface area contributed by atoms with Crippen LogP contribution in [0, 0.1) is 0 Å². The van der Waals surface area contributed by atoms with Crippen molar-refractivity contribution in [2.75, 3.05) is 5.32 Å². The summed E-state index contributed by atoms with van der Waals surface area (Å²) in [6.07, 6.45) is 2.23. The number of pyridine rings is 1. The molecule has 0 aliphatic rings. The molecule has 0 fully saturated rings.